The molecule has 3 rings (SSSR count). The van der Waals surface area contributed by atoms with Crippen LogP contribution in [-0.4, -0.2) is 30.6 Å². The Balaban J connectivity index is 1.86. The maximum absolute atomic E-state index is 13.1. The van der Waals surface area contributed by atoms with Crippen molar-refractivity contribution in [2.45, 2.75) is 26.2 Å². The first kappa shape index (κ1) is 22.8. The second-order valence-electron chi connectivity index (χ2n) is 6.90. The van der Waals surface area contributed by atoms with Gasteiger partial charge in [0, 0.05) is 5.02 Å². The molecule has 0 aliphatic carbocycles. The van der Waals surface area contributed by atoms with Gasteiger partial charge in [0.05, 0.1) is 19.4 Å². The van der Waals surface area contributed by atoms with E-state index in [0.29, 0.717) is 34.4 Å². The number of hydrogen-bond acceptors (Lipinski definition) is 5. The Bertz CT molecular complexity index is 1020. The van der Waals surface area contributed by atoms with Gasteiger partial charge in [-0.05, 0) is 66.7 Å². The number of hydrogen-bond donors (Lipinski definition) is 1. The lowest BCUT2D eigenvalue weighted by Crippen LogP contribution is -2.54. The Labute approximate surface area is 191 Å². The summed E-state index contributed by atoms with van der Waals surface area (Å²) in [5, 5.41) is 3.11. The van der Waals surface area contributed by atoms with Crippen molar-refractivity contribution >= 4 is 52.5 Å². The monoisotopic (exact) mass is 458 g/mol. The van der Waals surface area contributed by atoms with Crippen molar-refractivity contribution in [2.24, 2.45) is 0 Å². The molecular formula is C23H23ClN2O4S. The van der Waals surface area contributed by atoms with E-state index >= 15 is 0 Å². The molecular weight excluding hydrogens is 436 g/mol. The van der Waals surface area contributed by atoms with Gasteiger partial charge in [-0.3, -0.25) is 19.8 Å². The minimum atomic E-state index is -0.556. The van der Waals surface area contributed by atoms with Crippen LogP contribution in [-0.2, 0) is 9.59 Å². The number of thiocarbonyl (C=S) groups is 1. The average molecular weight is 459 g/mol. The molecule has 0 spiro atoms. The maximum atomic E-state index is 13.1. The summed E-state index contributed by atoms with van der Waals surface area (Å²) in [5.41, 5.74) is 1.10. The summed E-state index contributed by atoms with van der Waals surface area (Å²) >= 11 is 11.1. The Morgan fingerprint density at radius 1 is 1.10 bits per heavy atom. The molecule has 8 heteroatoms. The smallest absolute Gasteiger partial charge is 0.270 e. The first-order valence-corrected chi connectivity index (χ1v) is 10.7. The molecule has 0 saturated carbocycles. The highest BCUT2D eigenvalue weighted by Crippen LogP contribution is 2.30. The number of rotatable bonds is 8. The normalized spacial score (nSPS) is 15.3. The first-order valence-electron chi connectivity index (χ1n) is 9.92. The summed E-state index contributed by atoms with van der Waals surface area (Å²) in [6.45, 7) is 2.73. The Morgan fingerprint density at radius 3 is 2.52 bits per heavy atom. The standard InChI is InChI=1S/C23H23ClN2O4S/c1-3-4-5-12-30-19-11-6-15(14-20(19)29-2)13-18-21(27)25-23(31)26(22(18)28)17-9-7-16(24)8-10-17/h6-11,13-14H,3-5,12H2,1-2H3,(H,25,27,31). The fraction of sp³-hybridized carbons (Fsp3) is 0.261. The molecule has 1 fully saturated rings. The second-order valence-corrected chi connectivity index (χ2v) is 7.72. The van der Waals surface area contributed by atoms with Gasteiger partial charge in [-0.15, -0.1) is 0 Å². The molecule has 31 heavy (non-hydrogen) atoms. The van der Waals surface area contributed by atoms with Crippen molar-refractivity contribution < 1.29 is 19.1 Å². The van der Waals surface area contributed by atoms with Gasteiger partial charge >= 0.3 is 0 Å². The molecule has 1 heterocycles. The largest absolute Gasteiger partial charge is 0.493 e. The second kappa shape index (κ2) is 10.4. The summed E-state index contributed by atoms with van der Waals surface area (Å²) in [6.07, 6.45) is 4.67. The molecule has 1 aliphatic rings. The van der Waals surface area contributed by atoms with Gasteiger partial charge in [-0.2, -0.15) is 0 Å². The highest BCUT2D eigenvalue weighted by molar-refractivity contribution is 7.80. The summed E-state index contributed by atoms with van der Waals surface area (Å²) in [6, 6.07) is 11.9. The van der Waals surface area contributed by atoms with Gasteiger partial charge in [0.1, 0.15) is 5.57 Å². The summed E-state index contributed by atoms with van der Waals surface area (Å²) < 4.78 is 11.2. The topological polar surface area (TPSA) is 67.9 Å². The van der Waals surface area contributed by atoms with E-state index in [1.54, 1.807) is 49.6 Å². The number of anilines is 1. The van der Waals surface area contributed by atoms with E-state index in [0.717, 1.165) is 19.3 Å². The molecule has 162 valence electrons. The number of amides is 2. The molecule has 1 aliphatic heterocycles. The number of halogens is 1. The Kier molecular flexibility index (Phi) is 7.65. The van der Waals surface area contributed by atoms with Gasteiger partial charge in [0.25, 0.3) is 11.8 Å². The number of methoxy groups -OCH3 is 1. The zero-order valence-corrected chi connectivity index (χ0v) is 18.9. The maximum Gasteiger partial charge on any atom is 0.270 e. The lowest BCUT2D eigenvalue weighted by molar-refractivity contribution is -0.122. The zero-order valence-electron chi connectivity index (χ0n) is 17.3. The van der Waals surface area contributed by atoms with Crippen LogP contribution >= 0.6 is 23.8 Å². The number of ether oxygens (including phenoxy) is 2. The van der Waals surface area contributed by atoms with Gasteiger partial charge < -0.3 is 9.47 Å². The third-order valence-corrected chi connectivity index (χ3v) is 5.23. The van der Waals surface area contributed by atoms with Crippen LogP contribution in [0.3, 0.4) is 0 Å². The molecule has 0 atom stereocenters. The molecule has 0 bridgehead atoms. The van der Waals surface area contributed by atoms with E-state index in [9.17, 15) is 9.59 Å². The van der Waals surface area contributed by atoms with E-state index in [1.807, 2.05) is 0 Å². The fourth-order valence-electron chi connectivity index (χ4n) is 3.08. The predicted octanol–water partition coefficient (Wildman–Crippen LogP) is 4.75. The molecule has 2 amide bonds. The van der Waals surface area contributed by atoms with Crippen LogP contribution in [0.25, 0.3) is 6.08 Å². The minimum Gasteiger partial charge on any atom is -0.493 e. The number of carbonyl (C=O) groups is 2. The van der Waals surface area contributed by atoms with E-state index < -0.39 is 11.8 Å². The highest BCUT2D eigenvalue weighted by atomic mass is 35.5. The van der Waals surface area contributed by atoms with E-state index in [1.165, 1.54) is 11.0 Å². The number of unbranched alkanes of at least 4 members (excludes halogenated alkanes) is 2. The van der Waals surface area contributed by atoms with Crippen LogP contribution in [0.15, 0.2) is 48.0 Å². The summed E-state index contributed by atoms with van der Waals surface area (Å²) in [5.74, 6) is 0.0674. The molecule has 1 saturated heterocycles. The van der Waals surface area contributed by atoms with Crippen molar-refractivity contribution in [3.63, 3.8) is 0 Å². The lowest BCUT2D eigenvalue weighted by Gasteiger charge is -2.29. The van der Waals surface area contributed by atoms with Gasteiger partial charge in [-0.25, -0.2) is 0 Å². The van der Waals surface area contributed by atoms with Crippen LogP contribution in [0.5, 0.6) is 11.5 Å². The first-order chi connectivity index (χ1) is 14.9. The highest BCUT2D eigenvalue weighted by Gasteiger charge is 2.34. The lowest BCUT2D eigenvalue weighted by atomic mass is 10.1. The van der Waals surface area contributed by atoms with E-state index in [-0.39, 0.29) is 10.7 Å². The quantitative estimate of drug-likeness (QED) is 0.267. The SMILES string of the molecule is CCCCCOc1ccc(C=C2C(=O)NC(=S)N(c3ccc(Cl)cc3)C2=O)cc1OC. The van der Waals surface area contributed by atoms with Crippen LogP contribution in [0.4, 0.5) is 5.69 Å². The third-order valence-electron chi connectivity index (χ3n) is 4.69. The van der Waals surface area contributed by atoms with Crippen LogP contribution in [0, 0.1) is 0 Å². The van der Waals surface area contributed by atoms with Crippen LogP contribution < -0.4 is 19.7 Å². The van der Waals surface area contributed by atoms with Crippen LogP contribution in [0.1, 0.15) is 31.7 Å². The van der Waals surface area contributed by atoms with Crippen molar-refractivity contribution in [1.29, 1.82) is 0 Å². The molecule has 0 unspecified atom stereocenters. The Morgan fingerprint density at radius 2 is 1.84 bits per heavy atom. The predicted molar refractivity (Wildman–Crippen MR) is 126 cm³/mol. The number of nitrogens with one attached hydrogen (secondary N) is 1. The summed E-state index contributed by atoms with van der Waals surface area (Å²) in [7, 11) is 1.55. The molecule has 2 aromatic carbocycles. The number of nitrogens with zero attached hydrogens (tertiary/aromatic N) is 1. The fourth-order valence-corrected chi connectivity index (χ4v) is 3.48. The van der Waals surface area contributed by atoms with Crippen molar-refractivity contribution in [3.05, 3.63) is 58.6 Å². The van der Waals surface area contributed by atoms with Crippen molar-refractivity contribution in [2.75, 3.05) is 18.6 Å². The summed E-state index contributed by atoms with van der Waals surface area (Å²) in [4.78, 5) is 26.8. The van der Waals surface area contributed by atoms with Crippen molar-refractivity contribution in [1.82, 2.24) is 5.32 Å². The van der Waals surface area contributed by atoms with Crippen LogP contribution in [0.2, 0.25) is 5.02 Å². The third kappa shape index (κ3) is 5.42. The van der Waals surface area contributed by atoms with E-state index in [2.05, 4.69) is 12.2 Å². The molecule has 2 aromatic rings. The van der Waals surface area contributed by atoms with Gasteiger partial charge in [0.15, 0.2) is 16.6 Å². The minimum absolute atomic E-state index is 0.0166. The molecule has 0 aromatic heterocycles. The zero-order chi connectivity index (χ0) is 22.4. The molecule has 1 N–H and O–H groups in total. The molecule has 6 nitrogen and oxygen atoms in total. The van der Waals surface area contributed by atoms with Gasteiger partial charge in [0.2, 0.25) is 0 Å². The van der Waals surface area contributed by atoms with E-state index in [4.69, 9.17) is 33.3 Å². The average Bonchev–Trinajstić information content (AvgIpc) is 2.76. The number of carbonyl (C=O) groups excluding carboxylic acids is 2. The molecule has 0 radical (unpaired) electrons. The van der Waals surface area contributed by atoms with Gasteiger partial charge in [-0.1, -0.05) is 37.4 Å². The number of benzene rings is 2. The van der Waals surface area contributed by atoms with Crippen molar-refractivity contribution in [3.8, 4) is 11.5 Å². The Hall–Kier alpha value is -2.90.